The van der Waals surface area contributed by atoms with Crippen LogP contribution < -0.4 is 10.2 Å². The molecule has 0 aromatic heterocycles. The van der Waals surface area contributed by atoms with Gasteiger partial charge in [0.2, 0.25) is 0 Å². The number of nitrogens with zero attached hydrogens (tertiary/aromatic N) is 1. The van der Waals surface area contributed by atoms with E-state index in [0.29, 0.717) is 6.61 Å². The summed E-state index contributed by atoms with van der Waals surface area (Å²) in [6.45, 7) is 0.635. The van der Waals surface area contributed by atoms with Crippen LogP contribution in [-0.4, -0.2) is 27.8 Å². The molecule has 0 aliphatic carbocycles. The van der Waals surface area contributed by atoms with Crippen LogP contribution in [0.3, 0.4) is 0 Å². The van der Waals surface area contributed by atoms with E-state index in [4.69, 9.17) is 4.74 Å². The Hall–Kier alpha value is -2.00. The van der Waals surface area contributed by atoms with Crippen molar-refractivity contribution in [3.05, 3.63) is 60.2 Å². The van der Waals surface area contributed by atoms with E-state index in [1.807, 2.05) is 20.2 Å². The topological polar surface area (TPSA) is 24.5 Å². The van der Waals surface area contributed by atoms with E-state index in [-0.39, 0.29) is 6.04 Å². The zero-order chi connectivity index (χ0) is 14.4. The minimum absolute atomic E-state index is 0.151. The lowest BCUT2D eigenvalue weighted by Crippen LogP contribution is -2.16. The molecular weight excluding hydrogens is 248 g/mol. The molecule has 3 heteroatoms. The van der Waals surface area contributed by atoms with Crippen LogP contribution in [0.15, 0.2) is 54.6 Å². The zero-order valence-electron chi connectivity index (χ0n) is 12.3. The third kappa shape index (κ3) is 3.75. The molecule has 0 spiro atoms. The van der Waals surface area contributed by atoms with Crippen molar-refractivity contribution in [2.24, 2.45) is 0 Å². The van der Waals surface area contributed by atoms with Crippen LogP contribution in [0.4, 0.5) is 11.4 Å². The average molecular weight is 270 g/mol. The van der Waals surface area contributed by atoms with Crippen molar-refractivity contribution in [2.75, 3.05) is 38.0 Å². The maximum Gasteiger partial charge on any atom is 0.0747 e. The third-order valence-electron chi connectivity index (χ3n) is 3.24. The highest BCUT2D eigenvalue weighted by Gasteiger charge is 2.11. The Bertz CT molecular complexity index is 526. The van der Waals surface area contributed by atoms with Crippen LogP contribution in [0, 0.1) is 0 Å². The molecule has 0 aliphatic heterocycles. The molecule has 3 nitrogen and oxygen atoms in total. The first-order valence-electron chi connectivity index (χ1n) is 6.78. The summed E-state index contributed by atoms with van der Waals surface area (Å²) >= 11 is 0. The predicted molar refractivity (Wildman–Crippen MR) is 85.5 cm³/mol. The fourth-order valence-electron chi connectivity index (χ4n) is 2.15. The molecule has 0 heterocycles. The smallest absolute Gasteiger partial charge is 0.0747 e. The summed E-state index contributed by atoms with van der Waals surface area (Å²) in [4.78, 5) is 2.10. The van der Waals surface area contributed by atoms with Crippen LogP contribution >= 0.6 is 0 Å². The van der Waals surface area contributed by atoms with Gasteiger partial charge in [0.05, 0.1) is 12.6 Å². The number of ether oxygens (including phenoxy) is 1. The van der Waals surface area contributed by atoms with Crippen molar-refractivity contribution >= 4 is 11.4 Å². The number of rotatable bonds is 6. The highest BCUT2D eigenvalue weighted by Crippen LogP contribution is 2.23. The molecule has 20 heavy (non-hydrogen) atoms. The predicted octanol–water partition coefficient (Wildman–Crippen LogP) is 3.55. The Morgan fingerprint density at radius 1 is 1.05 bits per heavy atom. The monoisotopic (exact) mass is 270 g/mol. The number of anilines is 2. The highest BCUT2D eigenvalue weighted by molar-refractivity contribution is 5.58. The number of hydrogen-bond donors (Lipinski definition) is 1. The second kappa shape index (κ2) is 6.96. The fourth-order valence-corrected chi connectivity index (χ4v) is 2.15. The number of benzene rings is 2. The molecule has 0 fully saturated rings. The summed E-state index contributed by atoms with van der Waals surface area (Å²) in [5.41, 5.74) is 3.51. The third-order valence-corrected chi connectivity index (χ3v) is 3.24. The van der Waals surface area contributed by atoms with Crippen LogP contribution in [-0.2, 0) is 4.74 Å². The molecule has 1 unspecified atom stereocenters. The van der Waals surface area contributed by atoms with Crippen LogP contribution in [0.25, 0.3) is 0 Å². The summed E-state index contributed by atoms with van der Waals surface area (Å²) in [5.74, 6) is 0. The van der Waals surface area contributed by atoms with Gasteiger partial charge in [0.15, 0.2) is 0 Å². The quantitative estimate of drug-likeness (QED) is 0.868. The average Bonchev–Trinajstić information content (AvgIpc) is 2.48. The summed E-state index contributed by atoms with van der Waals surface area (Å²) in [5, 5.41) is 3.54. The van der Waals surface area contributed by atoms with E-state index >= 15 is 0 Å². The van der Waals surface area contributed by atoms with Crippen molar-refractivity contribution in [1.29, 1.82) is 0 Å². The molecule has 1 atom stereocenters. The molecule has 0 radical (unpaired) electrons. The van der Waals surface area contributed by atoms with E-state index in [2.05, 4.69) is 58.7 Å². The van der Waals surface area contributed by atoms with Crippen LogP contribution in [0.1, 0.15) is 11.6 Å². The molecule has 0 aliphatic rings. The van der Waals surface area contributed by atoms with Gasteiger partial charge in [0.1, 0.15) is 0 Å². The normalized spacial score (nSPS) is 11.9. The molecular formula is C17H22N2O. The fraction of sp³-hybridized carbons (Fsp3) is 0.294. The Morgan fingerprint density at radius 2 is 1.80 bits per heavy atom. The van der Waals surface area contributed by atoms with E-state index in [1.165, 1.54) is 11.3 Å². The van der Waals surface area contributed by atoms with E-state index in [0.717, 1.165) is 5.69 Å². The maximum absolute atomic E-state index is 5.34. The molecule has 0 amide bonds. The Labute approximate surface area is 121 Å². The second-order valence-corrected chi connectivity index (χ2v) is 5.01. The summed E-state index contributed by atoms with van der Waals surface area (Å²) in [7, 11) is 5.82. The van der Waals surface area contributed by atoms with Gasteiger partial charge in [-0.25, -0.2) is 0 Å². The summed E-state index contributed by atoms with van der Waals surface area (Å²) < 4.78 is 5.34. The van der Waals surface area contributed by atoms with Gasteiger partial charge in [-0.15, -0.1) is 0 Å². The lowest BCUT2D eigenvalue weighted by Gasteiger charge is -2.21. The molecule has 0 bridgehead atoms. The van der Waals surface area contributed by atoms with E-state index in [9.17, 15) is 0 Å². The molecule has 0 saturated carbocycles. The maximum atomic E-state index is 5.34. The Morgan fingerprint density at radius 3 is 2.45 bits per heavy atom. The number of nitrogens with one attached hydrogen (secondary N) is 1. The number of hydrogen-bond acceptors (Lipinski definition) is 3. The lowest BCUT2D eigenvalue weighted by molar-refractivity contribution is 0.186. The second-order valence-electron chi connectivity index (χ2n) is 5.01. The van der Waals surface area contributed by atoms with Crippen molar-refractivity contribution < 1.29 is 4.74 Å². The molecule has 106 valence electrons. The van der Waals surface area contributed by atoms with Gasteiger partial charge in [0, 0.05) is 32.6 Å². The van der Waals surface area contributed by atoms with Crippen molar-refractivity contribution in [1.82, 2.24) is 0 Å². The van der Waals surface area contributed by atoms with Gasteiger partial charge >= 0.3 is 0 Å². The van der Waals surface area contributed by atoms with Gasteiger partial charge in [0.25, 0.3) is 0 Å². The standard InChI is InChI=1S/C17H22N2O/c1-19(2)16-11-7-10-15(12-16)18-17(13-20-3)14-8-5-4-6-9-14/h4-12,17-18H,13H2,1-3H3. The molecule has 2 aromatic carbocycles. The summed E-state index contributed by atoms with van der Waals surface area (Å²) in [6, 6.07) is 18.9. The zero-order valence-corrected chi connectivity index (χ0v) is 12.3. The van der Waals surface area contributed by atoms with E-state index in [1.54, 1.807) is 7.11 Å². The van der Waals surface area contributed by atoms with Crippen LogP contribution in [0.2, 0.25) is 0 Å². The Balaban J connectivity index is 2.18. The van der Waals surface area contributed by atoms with Crippen LogP contribution in [0.5, 0.6) is 0 Å². The van der Waals surface area contributed by atoms with Gasteiger partial charge in [-0.1, -0.05) is 36.4 Å². The first-order valence-corrected chi connectivity index (χ1v) is 6.78. The largest absolute Gasteiger partial charge is 0.382 e. The lowest BCUT2D eigenvalue weighted by atomic mass is 10.1. The minimum Gasteiger partial charge on any atom is -0.382 e. The first-order chi connectivity index (χ1) is 9.70. The van der Waals surface area contributed by atoms with Gasteiger partial charge in [-0.05, 0) is 23.8 Å². The van der Waals surface area contributed by atoms with Crippen molar-refractivity contribution in [2.45, 2.75) is 6.04 Å². The van der Waals surface area contributed by atoms with Gasteiger partial charge in [-0.2, -0.15) is 0 Å². The first kappa shape index (κ1) is 14.4. The van der Waals surface area contributed by atoms with Gasteiger partial charge in [-0.3, -0.25) is 0 Å². The summed E-state index contributed by atoms with van der Waals surface area (Å²) in [6.07, 6.45) is 0. The van der Waals surface area contributed by atoms with Crippen molar-refractivity contribution in [3.8, 4) is 0 Å². The Kier molecular flexibility index (Phi) is 5.02. The number of methoxy groups -OCH3 is 1. The molecule has 0 saturated heterocycles. The SMILES string of the molecule is COCC(Nc1cccc(N(C)C)c1)c1ccccc1. The highest BCUT2D eigenvalue weighted by atomic mass is 16.5. The van der Waals surface area contributed by atoms with Crippen molar-refractivity contribution in [3.63, 3.8) is 0 Å². The molecule has 1 N–H and O–H groups in total. The molecule has 2 rings (SSSR count). The van der Waals surface area contributed by atoms with Gasteiger partial charge < -0.3 is 15.0 Å². The molecule has 2 aromatic rings. The minimum atomic E-state index is 0.151. The van der Waals surface area contributed by atoms with E-state index < -0.39 is 0 Å².